The molecule has 2 aromatic rings. The van der Waals surface area contributed by atoms with E-state index in [0.29, 0.717) is 16.5 Å². The number of primary amides is 1. The Morgan fingerprint density at radius 2 is 1.37 bits per heavy atom. The molecule has 11 amide bonds. The average molecular weight is 1160 g/mol. The van der Waals surface area contributed by atoms with Crippen LogP contribution in [-0.4, -0.2) is 175 Å². The molecule has 0 radical (unpaired) electrons. The summed E-state index contributed by atoms with van der Waals surface area (Å²) in [6, 6.07) is 3.42. The first kappa shape index (κ1) is 63.4. The van der Waals surface area contributed by atoms with Gasteiger partial charge in [-0.15, -0.1) is 11.8 Å². The highest BCUT2D eigenvalue weighted by Gasteiger charge is 2.40. The van der Waals surface area contributed by atoms with E-state index in [2.05, 4.69) is 42.5 Å². The minimum atomic E-state index is -1.67. The van der Waals surface area contributed by atoms with E-state index in [1.54, 1.807) is 0 Å². The van der Waals surface area contributed by atoms with E-state index in [1.165, 1.54) is 75.4 Å². The predicted octanol–water partition coefficient (Wildman–Crippen LogP) is -2.61. The summed E-state index contributed by atoms with van der Waals surface area (Å²) < 4.78 is 5.87. The van der Waals surface area contributed by atoms with Crippen molar-refractivity contribution in [3.8, 4) is 28.2 Å². The number of phenolic OH excluding ortho intramolecular Hbond substituents is 1. The zero-order valence-electron chi connectivity index (χ0n) is 44.6. The largest absolute Gasteiger partial charge is 0.508 e. The van der Waals surface area contributed by atoms with Crippen molar-refractivity contribution in [2.45, 2.75) is 101 Å². The van der Waals surface area contributed by atoms with Crippen molar-refractivity contribution in [2.75, 3.05) is 25.4 Å². The number of fused-ring (bicyclic) bond motifs is 2. The second-order valence-electron chi connectivity index (χ2n) is 18.9. The van der Waals surface area contributed by atoms with Gasteiger partial charge in [0.1, 0.15) is 53.3 Å². The van der Waals surface area contributed by atoms with Crippen molar-refractivity contribution in [2.24, 2.45) is 5.73 Å². The summed E-state index contributed by atoms with van der Waals surface area (Å²) in [7, 11) is 0. The summed E-state index contributed by atoms with van der Waals surface area (Å²) in [5.41, 5.74) is 5.43. The van der Waals surface area contributed by atoms with Gasteiger partial charge < -0.3 is 73.1 Å². The van der Waals surface area contributed by atoms with E-state index >= 15 is 0 Å². The number of imide groups is 1. The van der Waals surface area contributed by atoms with Crippen molar-refractivity contribution >= 4 is 99.6 Å². The summed E-state index contributed by atoms with van der Waals surface area (Å²) in [6.07, 6.45) is -2.67. The molecule has 8 atom stereocenters. The molecule has 29 nitrogen and oxygen atoms in total. The van der Waals surface area contributed by atoms with Gasteiger partial charge in [0.25, 0.3) is 5.91 Å². The maximum Gasteiger partial charge on any atom is 0.336 e. The molecule has 438 valence electrons. The number of aliphatic carboxylic acids is 1. The van der Waals surface area contributed by atoms with Crippen molar-refractivity contribution in [1.82, 2.24) is 47.4 Å². The molecule has 3 aliphatic rings. The highest BCUT2D eigenvalue weighted by Crippen LogP contribution is 2.42. The lowest BCUT2D eigenvalue weighted by Gasteiger charge is -2.24. The topological polar surface area (TPSA) is 459 Å². The zero-order chi connectivity index (χ0) is 60.9. The molecule has 0 saturated carbocycles. The van der Waals surface area contributed by atoms with Gasteiger partial charge in [0.2, 0.25) is 59.1 Å². The summed E-state index contributed by atoms with van der Waals surface area (Å²) in [6.45, 7) is 4.68. The molecule has 0 bridgehead atoms. The van der Waals surface area contributed by atoms with E-state index in [4.69, 9.17) is 15.3 Å². The van der Waals surface area contributed by atoms with E-state index in [9.17, 15) is 82.4 Å². The molecule has 1 unspecified atom stereocenters. The number of benzene rings is 3. The Kier molecular flexibility index (Phi) is 21.7. The molecule has 5 rings (SSSR count). The number of carboxylic acids is 2. The number of aromatic carboxylic acids is 1. The fourth-order valence-corrected chi connectivity index (χ4v) is 9.41. The fourth-order valence-electron chi connectivity index (χ4n) is 8.22. The number of phenols is 1. The minimum absolute atomic E-state index is 0.00641. The lowest BCUT2D eigenvalue weighted by atomic mass is 9.89. The molecule has 30 heteroatoms. The molecule has 2 aliphatic heterocycles. The number of amides is 11. The number of aliphatic hydroxyl groups excluding tert-OH is 1. The van der Waals surface area contributed by atoms with Crippen LogP contribution in [0.2, 0.25) is 0 Å². The van der Waals surface area contributed by atoms with Gasteiger partial charge >= 0.3 is 11.9 Å². The second kappa shape index (κ2) is 28.1. The molecule has 82 heavy (non-hydrogen) atoms. The van der Waals surface area contributed by atoms with Crippen LogP contribution in [0, 0.1) is 0 Å². The fraction of sp³-hybridized carbons (Fsp3) is 0.385. The average Bonchev–Trinajstić information content (AvgIpc) is 3.85. The number of thioether (sulfide) groups is 1. The third-order valence-corrected chi connectivity index (χ3v) is 13.8. The number of rotatable bonds is 27. The maximum atomic E-state index is 13.5. The second-order valence-corrected chi connectivity index (χ2v) is 20.1. The predicted molar refractivity (Wildman–Crippen MR) is 288 cm³/mol. The lowest BCUT2D eigenvalue weighted by Crippen LogP contribution is -2.59. The Morgan fingerprint density at radius 3 is 1.96 bits per heavy atom. The molecular formula is C52H60N10O19S. The Morgan fingerprint density at radius 1 is 0.732 bits per heavy atom. The third kappa shape index (κ3) is 16.8. The quantitative estimate of drug-likeness (QED) is 0.0215. The normalized spacial score (nSPS) is 15.6. The van der Waals surface area contributed by atoms with Gasteiger partial charge in [-0.25, -0.2) is 4.79 Å². The van der Waals surface area contributed by atoms with Gasteiger partial charge in [0, 0.05) is 72.8 Å². The molecule has 2 aromatic carbocycles. The summed E-state index contributed by atoms with van der Waals surface area (Å²) >= 11 is 0.865. The highest BCUT2D eigenvalue weighted by molar-refractivity contribution is 8.00. The van der Waals surface area contributed by atoms with Crippen LogP contribution in [0.1, 0.15) is 74.6 Å². The Labute approximate surface area is 469 Å². The van der Waals surface area contributed by atoms with Crippen molar-refractivity contribution in [1.29, 1.82) is 0 Å². The first-order chi connectivity index (χ1) is 38.6. The summed E-state index contributed by atoms with van der Waals surface area (Å²) in [5, 5.41) is 57.4. The van der Waals surface area contributed by atoms with Crippen LogP contribution in [0.5, 0.6) is 5.75 Å². The zero-order valence-corrected chi connectivity index (χ0v) is 45.4. The lowest BCUT2D eigenvalue weighted by molar-refractivity contribution is -0.139. The molecule has 1 fully saturated rings. The minimum Gasteiger partial charge on any atom is -0.508 e. The number of hydrogen-bond acceptors (Lipinski definition) is 18. The summed E-state index contributed by atoms with van der Waals surface area (Å²) in [5.74, 6) is -12.3. The van der Waals surface area contributed by atoms with E-state index in [1.807, 2.05) is 0 Å². The van der Waals surface area contributed by atoms with E-state index in [0.717, 1.165) is 30.5 Å². The standard InChI is InChI=1S/C52H60N10O19S/c1-22(45(72)57-24(3)47(74)61-43(25(4)63)50(77)55-20-39(67)60-34(44(53)71)12-13-41(69)70)56-46(73)23(2)58-49(76)35(59-26(5)64)21-82-38-19-40(68)62(51(38)78)15-14-54-48(75)27-6-9-30(52(79)80)33(16-27)42-31-10-7-28(65)17-36(31)81-37-18-29(66)8-11-32(37)42/h6-11,16-18,22-25,34-35,38,43,63,65H,12-15,19-21H2,1-5H3,(H2,53,71)(H,54,75)(H,55,77)(H,56,73)(H,57,72)(H,58,76)(H,59,64)(H,60,67)(H,61,74)(H,69,70)(H,79,80)/t22-,23-,24-,25+,34-,35-,38?,43-/m1/s1. The molecule has 1 saturated heterocycles. The first-order valence-corrected chi connectivity index (χ1v) is 26.2. The first-order valence-electron chi connectivity index (χ1n) is 25.1. The molecule has 0 aromatic heterocycles. The number of aliphatic hydroxyl groups is 1. The van der Waals surface area contributed by atoms with Crippen molar-refractivity contribution < 1.29 is 87.2 Å². The van der Waals surface area contributed by atoms with Crippen LogP contribution in [0.25, 0.3) is 33.4 Å². The van der Waals surface area contributed by atoms with Gasteiger partial charge in [-0.1, -0.05) is 0 Å². The smallest absolute Gasteiger partial charge is 0.336 e. The number of nitrogens with one attached hydrogen (secondary N) is 8. The number of carboxylic acid groups (broad SMARTS) is 2. The number of aromatic hydroxyl groups is 1. The summed E-state index contributed by atoms with van der Waals surface area (Å²) in [4.78, 5) is 178. The molecule has 1 aliphatic carbocycles. The number of carbonyl (C=O) groups excluding carboxylic acids is 11. The molecule has 14 N–H and O–H groups in total. The number of nitrogens with two attached hydrogens (primary N) is 1. The van der Waals surface area contributed by atoms with Crippen molar-refractivity contribution in [3.63, 3.8) is 0 Å². The molecular weight excluding hydrogens is 1100 g/mol. The molecule has 2 heterocycles. The Bertz CT molecular complexity index is 3240. The molecule has 0 spiro atoms. The number of nitrogens with zero attached hydrogens (tertiary/aromatic N) is 1. The van der Waals surface area contributed by atoms with E-state index < -0.39 is 143 Å². The van der Waals surface area contributed by atoms with E-state index in [-0.39, 0.29) is 65.5 Å². The van der Waals surface area contributed by atoms with Gasteiger partial charge in [-0.3, -0.25) is 67.2 Å². The van der Waals surface area contributed by atoms with Crippen LogP contribution < -0.4 is 53.7 Å². The van der Waals surface area contributed by atoms with Gasteiger partial charge in [0.05, 0.1) is 23.5 Å². The van der Waals surface area contributed by atoms with Gasteiger partial charge in [-0.2, -0.15) is 0 Å². The Balaban J connectivity index is 1.11. The maximum absolute atomic E-state index is 13.5. The van der Waals surface area contributed by atoms with Crippen LogP contribution in [0.15, 0.2) is 63.8 Å². The van der Waals surface area contributed by atoms with Crippen LogP contribution in [-0.2, 0) is 52.7 Å². The SMILES string of the molecule is CC(=O)N[C@H](CSC1CC(=O)N(CCNC(=O)c2ccc(C(=O)O)c(-c3c4ccc(=O)cc-4oc4cc(O)ccc34)c2)C1=O)C(=O)N[C@H](C)C(=O)N[C@H](C)C(=O)N[C@H](C)C(=O)N[C@@H](C(=O)NCC(=O)N[C@H](CCC(=O)O)C(N)=O)[C@H](C)O. The number of hydrogen-bond donors (Lipinski definition) is 13. The Hall–Kier alpha value is -9.45. The van der Waals surface area contributed by atoms with Crippen LogP contribution in [0.3, 0.4) is 0 Å². The number of likely N-dealkylation sites (tertiary alicyclic amines) is 1. The number of carbonyl (C=O) groups is 13. The van der Waals surface area contributed by atoms with Gasteiger partial charge in [0.15, 0.2) is 5.43 Å². The van der Waals surface area contributed by atoms with Crippen LogP contribution >= 0.6 is 11.8 Å². The van der Waals surface area contributed by atoms with Crippen LogP contribution in [0.4, 0.5) is 0 Å². The van der Waals surface area contributed by atoms with Crippen molar-refractivity contribution in [3.05, 3.63) is 75.9 Å². The monoisotopic (exact) mass is 1160 g/mol. The van der Waals surface area contributed by atoms with Gasteiger partial charge in [-0.05, 0) is 82.1 Å². The highest BCUT2D eigenvalue weighted by atomic mass is 32.2. The third-order valence-electron chi connectivity index (χ3n) is 12.5.